The van der Waals surface area contributed by atoms with Gasteiger partial charge in [-0.05, 0) is 19.3 Å². The summed E-state index contributed by atoms with van der Waals surface area (Å²) in [5.41, 5.74) is 5.93. The van der Waals surface area contributed by atoms with E-state index in [0.29, 0.717) is 13.0 Å². The maximum Gasteiger partial charge on any atom is 0.223 e. The van der Waals surface area contributed by atoms with Gasteiger partial charge in [-0.1, -0.05) is 20.3 Å². The molecule has 1 aliphatic heterocycles. The monoisotopic (exact) mass is 315 g/mol. The van der Waals surface area contributed by atoms with Crippen LogP contribution in [0.5, 0.6) is 0 Å². The third-order valence-electron chi connectivity index (χ3n) is 4.34. The van der Waals surface area contributed by atoms with Crippen molar-refractivity contribution in [3.05, 3.63) is 0 Å². The van der Waals surface area contributed by atoms with Crippen LogP contribution in [0.2, 0.25) is 0 Å². The average Bonchev–Trinajstić information content (AvgIpc) is 2.53. The van der Waals surface area contributed by atoms with Gasteiger partial charge in [0, 0.05) is 38.1 Å². The predicted octanol–water partition coefficient (Wildman–Crippen LogP) is 0.339. The standard InChI is InChI=1S/C16H33N3O3/c1-3-5-14(17)15(20)12-13(4-2)16(21)18-6-7-19-8-10-22-11-9-19/h13-15,20H,3-12,17H2,1-2H3,(H,18,21)/t13?,14-,15-/m0/s1. The number of amides is 1. The molecule has 0 aromatic heterocycles. The van der Waals surface area contributed by atoms with Gasteiger partial charge in [-0.2, -0.15) is 0 Å². The first-order chi connectivity index (χ1) is 10.6. The van der Waals surface area contributed by atoms with Gasteiger partial charge in [0.05, 0.1) is 19.3 Å². The van der Waals surface area contributed by atoms with E-state index in [0.717, 1.165) is 52.1 Å². The molecule has 130 valence electrons. The number of hydrogen-bond donors (Lipinski definition) is 3. The van der Waals surface area contributed by atoms with E-state index in [4.69, 9.17) is 10.5 Å². The summed E-state index contributed by atoms with van der Waals surface area (Å²) in [6.07, 6.45) is 2.30. The number of carbonyl (C=O) groups is 1. The molecule has 0 aliphatic carbocycles. The minimum absolute atomic E-state index is 0.0264. The molecule has 22 heavy (non-hydrogen) atoms. The van der Waals surface area contributed by atoms with Crippen molar-refractivity contribution < 1.29 is 14.6 Å². The second-order valence-corrected chi connectivity index (χ2v) is 6.11. The van der Waals surface area contributed by atoms with Crippen LogP contribution in [0, 0.1) is 5.92 Å². The molecule has 1 fully saturated rings. The molecular formula is C16H33N3O3. The van der Waals surface area contributed by atoms with Crippen molar-refractivity contribution in [2.24, 2.45) is 11.7 Å². The third-order valence-corrected chi connectivity index (χ3v) is 4.34. The van der Waals surface area contributed by atoms with Crippen molar-refractivity contribution >= 4 is 5.91 Å². The molecule has 0 spiro atoms. The molecule has 6 nitrogen and oxygen atoms in total. The third kappa shape index (κ3) is 7.05. The highest BCUT2D eigenvalue weighted by molar-refractivity contribution is 5.78. The quantitative estimate of drug-likeness (QED) is 0.541. The van der Waals surface area contributed by atoms with Crippen LogP contribution < -0.4 is 11.1 Å². The Morgan fingerprint density at radius 3 is 2.64 bits per heavy atom. The van der Waals surface area contributed by atoms with Crippen molar-refractivity contribution in [3.63, 3.8) is 0 Å². The molecular weight excluding hydrogens is 282 g/mol. The number of morpholine rings is 1. The molecule has 6 heteroatoms. The van der Waals surface area contributed by atoms with E-state index in [2.05, 4.69) is 10.2 Å². The normalized spacial score (nSPS) is 20.4. The summed E-state index contributed by atoms with van der Waals surface area (Å²) in [7, 11) is 0. The summed E-state index contributed by atoms with van der Waals surface area (Å²) in [4.78, 5) is 14.5. The Bertz CT molecular complexity index is 309. The number of nitrogens with zero attached hydrogens (tertiary/aromatic N) is 1. The molecule has 1 heterocycles. The lowest BCUT2D eigenvalue weighted by Crippen LogP contribution is -2.43. The molecule has 0 radical (unpaired) electrons. The fourth-order valence-corrected chi connectivity index (χ4v) is 2.76. The Labute approximate surface area is 134 Å². The van der Waals surface area contributed by atoms with Gasteiger partial charge in [-0.25, -0.2) is 0 Å². The number of nitrogens with one attached hydrogen (secondary N) is 1. The topological polar surface area (TPSA) is 87.8 Å². The fourth-order valence-electron chi connectivity index (χ4n) is 2.76. The molecule has 1 amide bonds. The fraction of sp³-hybridized carbons (Fsp3) is 0.938. The number of hydrogen-bond acceptors (Lipinski definition) is 5. The molecule has 0 aromatic rings. The Morgan fingerprint density at radius 2 is 2.05 bits per heavy atom. The van der Waals surface area contributed by atoms with Crippen molar-refractivity contribution in [2.75, 3.05) is 39.4 Å². The zero-order valence-corrected chi connectivity index (χ0v) is 14.1. The number of rotatable bonds is 10. The second kappa shape index (κ2) is 10.9. The van der Waals surface area contributed by atoms with Crippen LogP contribution in [0.25, 0.3) is 0 Å². The number of aliphatic hydroxyl groups excluding tert-OH is 1. The SMILES string of the molecule is CCC[C@H](N)[C@@H](O)CC(CC)C(=O)NCCN1CCOCC1. The molecule has 0 saturated carbocycles. The van der Waals surface area contributed by atoms with Crippen LogP contribution in [0.4, 0.5) is 0 Å². The van der Waals surface area contributed by atoms with Crippen LogP contribution >= 0.6 is 0 Å². The molecule has 0 aromatic carbocycles. The lowest BCUT2D eigenvalue weighted by atomic mass is 9.93. The predicted molar refractivity (Wildman–Crippen MR) is 87.6 cm³/mol. The van der Waals surface area contributed by atoms with E-state index >= 15 is 0 Å². The minimum atomic E-state index is -0.602. The summed E-state index contributed by atoms with van der Waals surface area (Å²) in [5.74, 6) is -0.138. The maximum absolute atomic E-state index is 12.2. The smallest absolute Gasteiger partial charge is 0.223 e. The van der Waals surface area contributed by atoms with Crippen LogP contribution in [-0.4, -0.2) is 67.5 Å². The highest BCUT2D eigenvalue weighted by Gasteiger charge is 2.23. The second-order valence-electron chi connectivity index (χ2n) is 6.11. The van der Waals surface area contributed by atoms with Crippen molar-refractivity contribution in [1.29, 1.82) is 0 Å². The van der Waals surface area contributed by atoms with Gasteiger partial charge in [0.1, 0.15) is 0 Å². The van der Waals surface area contributed by atoms with Crippen LogP contribution in [0.1, 0.15) is 39.5 Å². The van der Waals surface area contributed by atoms with Gasteiger partial charge in [-0.15, -0.1) is 0 Å². The van der Waals surface area contributed by atoms with Gasteiger partial charge in [0.15, 0.2) is 0 Å². The van der Waals surface area contributed by atoms with Crippen molar-refractivity contribution in [3.8, 4) is 0 Å². The number of ether oxygens (including phenoxy) is 1. The molecule has 1 saturated heterocycles. The highest BCUT2D eigenvalue weighted by Crippen LogP contribution is 2.15. The molecule has 0 bridgehead atoms. The van der Waals surface area contributed by atoms with Crippen molar-refractivity contribution in [2.45, 2.75) is 51.7 Å². The van der Waals surface area contributed by atoms with Gasteiger partial charge in [0.25, 0.3) is 0 Å². The minimum Gasteiger partial charge on any atom is -0.391 e. The van der Waals surface area contributed by atoms with Crippen LogP contribution in [0.3, 0.4) is 0 Å². The molecule has 4 N–H and O–H groups in total. The first-order valence-corrected chi connectivity index (χ1v) is 8.59. The Morgan fingerprint density at radius 1 is 1.36 bits per heavy atom. The van der Waals surface area contributed by atoms with Crippen LogP contribution in [-0.2, 0) is 9.53 Å². The number of nitrogens with two attached hydrogens (primary N) is 1. The van der Waals surface area contributed by atoms with Gasteiger partial charge in [0.2, 0.25) is 5.91 Å². The van der Waals surface area contributed by atoms with Gasteiger partial charge < -0.3 is 20.9 Å². The highest BCUT2D eigenvalue weighted by atomic mass is 16.5. The zero-order valence-electron chi connectivity index (χ0n) is 14.1. The Balaban J connectivity index is 2.27. The molecule has 1 aliphatic rings. The first-order valence-electron chi connectivity index (χ1n) is 8.59. The van der Waals surface area contributed by atoms with E-state index < -0.39 is 6.10 Å². The van der Waals surface area contributed by atoms with E-state index in [1.54, 1.807) is 0 Å². The van der Waals surface area contributed by atoms with Crippen LogP contribution in [0.15, 0.2) is 0 Å². The maximum atomic E-state index is 12.2. The van der Waals surface area contributed by atoms with E-state index in [1.807, 2.05) is 13.8 Å². The summed E-state index contributed by atoms with van der Waals surface area (Å²) >= 11 is 0. The summed E-state index contributed by atoms with van der Waals surface area (Å²) in [5, 5.41) is 13.1. The van der Waals surface area contributed by atoms with Gasteiger partial charge in [-0.3, -0.25) is 9.69 Å². The zero-order chi connectivity index (χ0) is 16.4. The lowest BCUT2D eigenvalue weighted by Gasteiger charge is -2.27. The number of carbonyl (C=O) groups excluding carboxylic acids is 1. The largest absolute Gasteiger partial charge is 0.391 e. The number of aliphatic hydroxyl groups is 1. The van der Waals surface area contributed by atoms with E-state index in [9.17, 15) is 9.90 Å². The molecule has 1 rings (SSSR count). The first kappa shape index (κ1) is 19.4. The average molecular weight is 315 g/mol. The summed E-state index contributed by atoms with van der Waals surface area (Å²) in [6, 6.07) is -0.236. The Kier molecular flexibility index (Phi) is 9.63. The lowest BCUT2D eigenvalue weighted by molar-refractivity contribution is -0.126. The molecule has 3 atom stereocenters. The summed E-state index contributed by atoms with van der Waals surface area (Å²) < 4.78 is 5.30. The van der Waals surface area contributed by atoms with E-state index in [-0.39, 0.29) is 17.9 Å². The van der Waals surface area contributed by atoms with Gasteiger partial charge >= 0.3 is 0 Å². The molecule has 1 unspecified atom stereocenters. The Hall–Kier alpha value is -0.690. The van der Waals surface area contributed by atoms with Crippen molar-refractivity contribution in [1.82, 2.24) is 10.2 Å². The van der Waals surface area contributed by atoms with E-state index in [1.165, 1.54) is 0 Å². The summed E-state index contributed by atoms with van der Waals surface area (Å²) in [6.45, 7) is 8.91.